The minimum absolute atomic E-state index is 0.220. The van der Waals surface area contributed by atoms with Crippen LogP contribution in [0.5, 0.6) is 0 Å². The summed E-state index contributed by atoms with van der Waals surface area (Å²) < 4.78 is 7.17. The second kappa shape index (κ2) is 6.11. The van der Waals surface area contributed by atoms with Gasteiger partial charge in [0.2, 0.25) is 0 Å². The second-order valence-corrected chi connectivity index (χ2v) is 6.01. The number of aromatic nitrogens is 4. The maximum Gasteiger partial charge on any atom is 0.0772 e. The first-order valence-corrected chi connectivity index (χ1v) is 7.83. The van der Waals surface area contributed by atoms with Crippen LogP contribution in [0.2, 0.25) is 0 Å². The maximum absolute atomic E-state index is 4.53. The third-order valence-electron chi connectivity index (χ3n) is 3.20. The van der Waals surface area contributed by atoms with Crippen LogP contribution in [0, 0.1) is 13.8 Å². The van der Waals surface area contributed by atoms with E-state index in [9.17, 15) is 0 Å². The quantitative estimate of drug-likeness (QED) is 0.906. The van der Waals surface area contributed by atoms with Crippen LogP contribution < -0.4 is 5.32 Å². The van der Waals surface area contributed by atoms with Gasteiger partial charge in [-0.1, -0.05) is 4.49 Å². The predicted molar refractivity (Wildman–Crippen MR) is 80.5 cm³/mol. The summed E-state index contributed by atoms with van der Waals surface area (Å²) >= 11 is 5.10. The van der Waals surface area contributed by atoms with Crippen LogP contribution in [0.15, 0.2) is 4.47 Å². The number of nitrogens with zero attached hydrogens (tertiary/aromatic N) is 4. The second-order valence-electron chi connectivity index (χ2n) is 4.43. The lowest BCUT2D eigenvalue weighted by atomic mass is 10.1. The van der Waals surface area contributed by atoms with Gasteiger partial charge in [-0.15, -0.1) is 5.10 Å². The van der Waals surface area contributed by atoms with Crippen LogP contribution in [0.4, 0.5) is 0 Å². The first-order valence-electron chi connectivity index (χ1n) is 6.26. The average molecular weight is 344 g/mol. The minimum Gasteiger partial charge on any atom is -0.312 e. The molecular weight excluding hydrogens is 326 g/mol. The molecule has 5 nitrogen and oxygen atoms in total. The fraction of sp³-hybridized carbons (Fsp3) is 0.583. The summed E-state index contributed by atoms with van der Waals surface area (Å²) in [5.74, 6) is 0. The van der Waals surface area contributed by atoms with Gasteiger partial charge in [0, 0.05) is 13.0 Å². The van der Waals surface area contributed by atoms with Crippen LogP contribution in [-0.2, 0) is 13.0 Å². The van der Waals surface area contributed by atoms with Crippen molar-refractivity contribution in [3.63, 3.8) is 0 Å². The molecule has 0 aliphatic heterocycles. The summed E-state index contributed by atoms with van der Waals surface area (Å²) in [5, 5.41) is 12.0. The molecular formula is C12H18BrN5S. The van der Waals surface area contributed by atoms with Crippen molar-refractivity contribution in [3.05, 3.63) is 26.4 Å². The highest BCUT2D eigenvalue weighted by atomic mass is 79.9. The topological polar surface area (TPSA) is 55.6 Å². The number of likely N-dealkylation sites (N-methyl/N-ethyl adjacent to an activating group) is 1. The van der Waals surface area contributed by atoms with Crippen molar-refractivity contribution < 1.29 is 0 Å². The molecule has 2 rings (SSSR count). The fourth-order valence-corrected chi connectivity index (χ4v) is 3.34. The van der Waals surface area contributed by atoms with E-state index < -0.39 is 0 Å². The van der Waals surface area contributed by atoms with Crippen molar-refractivity contribution >= 4 is 27.5 Å². The van der Waals surface area contributed by atoms with Gasteiger partial charge >= 0.3 is 0 Å². The zero-order chi connectivity index (χ0) is 14.0. The van der Waals surface area contributed by atoms with Gasteiger partial charge in [-0.2, -0.15) is 5.10 Å². The zero-order valence-electron chi connectivity index (χ0n) is 11.6. The molecule has 2 aromatic heterocycles. The number of hydrogen-bond acceptors (Lipinski definition) is 5. The third-order valence-corrected chi connectivity index (χ3v) is 5.17. The summed E-state index contributed by atoms with van der Waals surface area (Å²) in [6.45, 7) is 7.00. The lowest BCUT2D eigenvalue weighted by Gasteiger charge is -2.15. The van der Waals surface area contributed by atoms with E-state index in [1.54, 1.807) is 0 Å². The Morgan fingerprint density at radius 2 is 2.11 bits per heavy atom. The van der Waals surface area contributed by atoms with Gasteiger partial charge < -0.3 is 5.32 Å². The Morgan fingerprint density at radius 1 is 1.37 bits per heavy atom. The van der Waals surface area contributed by atoms with Crippen molar-refractivity contribution in [2.75, 3.05) is 7.05 Å². The number of aryl methyl sites for hydroxylation is 3. The number of nitrogens with one attached hydrogen (secondary N) is 1. The predicted octanol–water partition coefficient (Wildman–Crippen LogP) is 2.64. The molecule has 0 saturated heterocycles. The van der Waals surface area contributed by atoms with E-state index >= 15 is 0 Å². The van der Waals surface area contributed by atoms with E-state index in [4.69, 9.17) is 0 Å². The van der Waals surface area contributed by atoms with Crippen LogP contribution in [0.3, 0.4) is 0 Å². The summed E-state index contributed by atoms with van der Waals surface area (Å²) in [6, 6.07) is 0.220. The molecule has 0 amide bonds. The number of halogens is 1. The van der Waals surface area contributed by atoms with Crippen LogP contribution in [0.25, 0.3) is 0 Å². The molecule has 0 aromatic carbocycles. The van der Waals surface area contributed by atoms with Crippen molar-refractivity contribution in [2.24, 2.45) is 0 Å². The highest BCUT2D eigenvalue weighted by Crippen LogP contribution is 2.28. The Bertz CT molecular complexity index is 562. The molecule has 0 radical (unpaired) electrons. The molecule has 19 heavy (non-hydrogen) atoms. The molecule has 0 bridgehead atoms. The first kappa shape index (κ1) is 14.6. The van der Waals surface area contributed by atoms with Gasteiger partial charge in [0.05, 0.1) is 32.5 Å². The Hall–Kier alpha value is -0.790. The third kappa shape index (κ3) is 2.88. The van der Waals surface area contributed by atoms with Crippen LogP contribution in [0.1, 0.15) is 34.9 Å². The minimum atomic E-state index is 0.220. The number of hydrogen-bond donors (Lipinski definition) is 1. The van der Waals surface area contributed by atoms with Crippen LogP contribution >= 0.6 is 27.5 Å². The standard InChI is InChI=1S/C12H18BrN5S/c1-5-18-10(11(13)7(2)16-18)6-9(14-4)12-8(3)15-17-19-12/h9,14H,5-6H2,1-4H3. The van der Waals surface area contributed by atoms with Crippen LogP contribution in [-0.4, -0.2) is 26.4 Å². The largest absolute Gasteiger partial charge is 0.312 e. The van der Waals surface area contributed by atoms with Gasteiger partial charge in [-0.25, -0.2) is 0 Å². The molecule has 0 fully saturated rings. The highest BCUT2D eigenvalue weighted by molar-refractivity contribution is 9.10. The molecule has 7 heteroatoms. The zero-order valence-corrected chi connectivity index (χ0v) is 14.0. The highest BCUT2D eigenvalue weighted by Gasteiger charge is 2.21. The van der Waals surface area contributed by atoms with Crippen molar-refractivity contribution in [3.8, 4) is 0 Å². The summed E-state index contributed by atoms with van der Waals surface area (Å²) in [5.41, 5.74) is 3.25. The van der Waals surface area contributed by atoms with E-state index in [0.717, 1.165) is 28.8 Å². The monoisotopic (exact) mass is 343 g/mol. The lowest BCUT2D eigenvalue weighted by Crippen LogP contribution is -2.20. The van der Waals surface area contributed by atoms with Gasteiger partial charge in [-0.3, -0.25) is 4.68 Å². The van der Waals surface area contributed by atoms with Gasteiger partial charge in [0.25, 0.3) is 0 Å². The maximum atomic E-state index is 4.53. The Labute approximate surface area is 125 Å². The molecule has 0 spiro atoms. The molecule has 0 aliphatic carbocycles. The molecule has 1 N–H and O–H groups in total. The Balaban J connectivity index is 2.31. The van der Waals surface area contributed by atoms with E-state index in [1.807, 2.05) is 25.6 Å². The number of rotatable bonds is 5. The smallest absolute Gasteiger partial charge is 0.0772 e. The van der Waals surface area contributed by atoms with E-state index in [0.29, 0.717) is 0 Å². The summed E-state index contributed by atoms with van der Waals surface area (Å²) in [7, 11) is 1.97. The molecule has 104 valence electrons. The SMILES string of the molecule is CCn1nc(C)c(Br)c1CC(NC)c1snnc1C. The van der Waals surface area contributed by atoms with Gasteiger partial charge in [0.15, 0.2) is 0 Å². The average Bonchev–Trinajstić information content (AvgIpc) is 2.93. The lowest BCUT2D eigenvalue weighted by molar-refractivity contribution is 0.543. The molecule has 2 heterocycles. The van der Waals surface area contributed by atoms with E-state index in [-0.39, 0.29) is 6.04 Å². The van der Waals surface area contributed by atoms with Gasteiger partial charge in [0.1, 0.15) is 0 Å². The summed E-state index contributed by atoms with van der Waals surface area (Å²) in [6.07, 6.45) is 0.872. The Kier molecular flexibility index (Phi) is 4.70. The van der Waals surface area contributed by atoms with E-state index in [1.165, 1.54) is 22.1 Å². The molecule has 0 aliphatic rings. The Morgan fingerprint density at radius 3 is 2.63 bits per heavy atom. The fourth-order valence-electron chi connectivity index (χ4n) is 2.14. The summed E-state index contributed by atoms with van der Waals surface area (Å²) in [4.78, 5) is 1.19. The van der Waals surface area contributed by atoms with Crippen molar-refractivity contribution in [1.82, 2.24) is 24.7 Å². The molecule has 1 atom stereocenters. The van der Waals surface area contributed by atoms with Gasteiger partial charge in [-0.05, 0) is 55.3 Å². The molecule has 1 unspecified atom stereocenters. The molecule has 2 aromatic rings. The van der Waals surface area contributed by atoms with Crippen molar-refractivity contribution in [2.45, 2.75) is 39.8 Å². The van der Waals surface area contributed by atoms with Crippen molar-refractivity contribution in [1.29, 1.82) is 0 Å². The normalized spacial score (nSPS) is 12.9. The molecule has 0 saturated carbocycles. The van der Waals surface area contributed by atoms with E-state index in [2.05, 4.69) is 42.9 Å². The first-order chi connectivity index (χ1) is 9.08.